The van der Waals surface area contributed by atoms with Gasteiger partial charge < -0.3 is 5.11 Å². The van der Waals surface area contributed by atoms with Crippen molar-refractivity contribution in [1.82, 2.24) is 9.78 Å². The Balaban J connectivity index is 2.79. The fourth-order valence-electron chi connectivity index (χ4n) is 1.69. The summed E-state index contributed by atoms with van der Waals surface area (Å²) < 4.78 is 2.72. The molecule has 4 heteroatoms. The first kappa shape index (κ1) is 9.68. The van der Waals surface area contributed by atoms with Crippen molar-refractivity contribution in [3.05, 3.63) is 28.4 Å². The van der Waals surface area contributed by atoms with Crippen molar-refractivity contribution in [3.63, 3.8) is 0 Å². The number of fused-ring (bicyclic) bond motifs is 1. The van der Waals surface area contributed by atoms with Crippen LogP contribution in [0.25, 0.3) is 10.9 Å². The van der Waals surface area contributed by atoms with Crippen LogP contribution in [0.15, 0.2) is 22.7 Å². The van der Waals surface area contributed by atoms with Gasteiger partial charge in [0, 0.05) is 16.9 Å². The van der Waals surface area contributed by atoms with E-state index in [1.54, 1.807) is 11.6 Å². The maximum absolute atomic E-state index is 9.61. The summed E-state index contributed by atoms with van der Waals surface area (Å²) in [7, 11) is 1.84. The Labute approximate surface area is 90.5 Å². The topological polar surface area (TPSA) is 38.1 Å². The van der Waals surface area contributed by atoms with E-state index in [9.17, 15) is 5.11 Å². The predicted molar refractivity (Wildman–Crippen MR) is 59.0 cm³/mol. The van der Waals surface area contributed by atoms with Gasteiger partial charge in [-0.25, -0.2) is 0 Å². The number of aliphatic hydroxyl groups excluding tert-OH is 1. The van der Waals surface area contributed by atoms with E-state index in [0.717, 1.165) is 21.1 Å². The molecule has 1 atom stereocenters. The molecule has 0 bridgehead atoms. The molecule has 2 aromatic rings. The molecule has 1 aromatic heterocycles. The highest BCUT2D eigenvalue weighted by molar-refractivity contribution is 9.10. The Morgan fingerprint density at radius 3 is 2.86 bits per heavy atom. The third kappa shape index (κ3) is 1.44. The van der Waals surface area contributed by atoms with Crippen molar-refractivity contribution < 1.29 is 5.11 Å². The van der Waals surface area contributed by atoms with E-state index in [1.807, 2.05) is 25.2 Å². The average molecular weight is 255 g/mol. The molecule has 0 amide bonds. The standard InChI is InChI=1S/C10H11BrN2O/c1-6(14)10-8-5-7(11)3-4-9(8)12-13(10)2/h3-6,14H,1-2H3. The monoisotopic (exact) mass is 254 g/mol. The molecule has 14 heavy (non-hydrogen) atoms. The largest absolute Gasteiger partial charge is 0.387 e. The first-order chi connectivity index (χ1) is 6.59. The third-order valence-electron chi connectivity index (χ3n) is 2.24. The number of aryl methyl sites for hydroxylation is 1. The zero-order chi connectivity index (χ0) is 10.3. The summed E-state index contributed by atoms with van der Waals surface area (Å²) in [5.74, 6) is 0. The van der Waals surface area contributed by atoms with Gasteiger partial charge in [-0.2, -0.15) is 5.10 Å². The summed E-state index contributed by atoms with van der Waals surface area (Å²) in [5, 5.41) is 14.9. The molecule has 1 aromatic carbocycles. The van der Waals surface area contributed by atoms with Gasteiger partial charge in [-0.1, -0.05) is 15.9 Å². The highest BCUT2D eigenvalue weighted by Crippen LogP contribution is 2.26. The lowest BCUT2D eigenvalue weighted by atomic mass is 10.1. The van der Waals surface area contributed by atoms with Crippen LogP contribution in [0.2, 0.25) is 0 Å². The van der Waals surface area contributed by atoms with Crippen molar-refractivity contribution >= 4 is 26.8 Å². The maximum atomic E-state index is 9.61. The summed E-state index contributed by atoms with van der Waals surface area (Å²) in [4.78, 5) is 0. The van der Waals surface area contributed by atoms with Crippen LogP contribution in [0.4, 0.5) is 0 Å². The number of hydrogen-bond acceptors (Lipinski definition) is 2. The van der Waals surface area contributed by atoms with E-state index in [0.29, 0.717) is 0 Å². The van der Waals surface area contributed by atoms with Crippen molar-refractivity contribution in [2.45, 2.75) is 13.0 Å². The number of nitrogens with zero attached hydrogens (tertiary/aromatic N) is 2. The highest BCUT2D eigenvalue weighted by atomic mass is 79.9. The van der Waals surface area contributed by atoms with E-state index in [2.05, 4.69) is 21.0 Å². The Hall–Kier alpha value is -0.870. The maximum Gasteiger partial charge on any atom is 0.0934 e. The van der Waals surface area contributed by atoms with Gasteiger partial charge >= 0.3 is 0 Å². The van der Waals surface area contributed by atoms with Gasteiger partial charge in [0.1, 0.15) is 0 Å². The molecular weight excluding hydrogens is 244 g/mol. The van der Waals surface area contributed by atoms with E-state index in [4.69, 9.17) is 0 Å². The van der Waals surface area contributed by atoms with Crippen molar-refractivity contribution in [3.8, 4) is 0 Å². The average Bonchev–Trinajstić information content (AvgIpc) is 2.40. The second-order valence-electron chi connectivity index (χ2n) is 3.35. The van der Waals surface area contributed by atoms with Crippen LogP contribution in [0, 0.1) is 0 Å². The minimum atomic E-state index is -0.501. The number of rotatable bonds is 1. The summed E-state index contributed by atoms with van der Waals surface area (Å²) in [6.07, 6.45) is -0.501. The zero-order valence-corrected chi connectivity index (χ0v) is 9.62. The Morgan fingerprint density at radius 2 is 2.21 bits per heavy atom. The SMILES string of the molecule is CC(O)c1c2cc(Br)ccc2nn1C. The number of hydrogen-bond donors (Lipinski definition) is 1. The molecule has 0 saturated heterocycles. The molecule has 1 unspecified atom stereocenters. The van der Waals surface area contributed by atoms with Crippen LogP contribution in [0.5, 0.6) is 0 Å². The van der Waals surface area contributed by atoms with Gasteiger partial charge in [-0.3, -0.25) is 4.68 Å². The third-order valence-corrected chi connectivity index (χ3v) is 2.73. The highest BCUT2D eigenvalue weighted by Gasteiger charge is 2.13. The number of benzene rings is 1. The Morgan fingerprint density at radius 1 is 1.50 bits per heavy atom. The molecule has 0 saturated carbocycles. The number of aromatic nitrogens is 2. The van der Waals surface area contributed by atoms with Crippen molar-refractivity contribution in [1.29, 1.82) is 0 Å². The van der Waals surface area contributed by atoms with Crippen LogP contribution < -0.4 is 0 Å². The van der Waals surface area contributed by atoms with Crippen LogP contribution in [0.3, 0.4) is 0 Å². The van der Waals surface area contributed by atoms with Gasteiger partial charge in [-0.15, -0.1) is 0 Å². The molecule has 0 radical (unpaired) electrons. The van der Waals surface area contributed by atoms with Gasteiger partial charge in [-0.05, 0) is 25.1 Å². The first-order valence-corrected chi connectivity index (χ1v) is 5.19. The van der Waals surface area contributed by atoms with Crippen LogP contribution in [-0.4, -0.2) is 14.9 Å². The Bertz CT molecular complexity index is 476. The molecule has 0 aliphatic carbocycles. The minimum Gasteiger partial charge on any atom is -0.387 e. The summed E-state index contributed by atoms with van der Waals surface area (Å²) >= 11 is 3.41. The first-order valence-electron chi connectivity index (χ1n) is 4.40. The molecule has 2 rings (SSSR count). The van der Waals surface area contributed by atoms with E-state index < -0.39 is 6.10 Å². The molecular formula is C10H11BrN2O. The number of aliphatic hydroxyl groups is 1. The lowest BCUT2D eigenvalue weighted by molar-refractivity contribution is 0.190. The smallest absolute Gasteiger partial charge is 0.0934 e. The van der Waals surface area contributed by atoms with E-state index >= 15 is 0 Å². The van der Waals surface area contributed by atoms with Crippen molar-refractivity contribution in [2.75, 3.05) is 0 Å². The fourth-order valence-corrected chi connectivity index (χ4v) is 2.05. The molecule has 1 heterocycles. The fraction of sp³-hybridized carbons (Fsp3) is 0.300. The lowest BCUT2D eigenvalue weighted by Gasteiger charge is -2.04. The molecule has 0 spiro atoms. The van der Waals surface area contributed by atoms with Crippen LogP contribution in [-0.2, 0) is 7.05 Å². The second kappa shape index (κ2) is 3.37. The van der Waals surface area contributed by atoms with Crippen molar-refractivity contribution in [2.24, 2.45) is 7.05 Å². The van der Waals surface area contributed by atoms with Gasteiger partial charge in [0.25, 0.3) is 0 Å². The quantitative estimate of drug-likeness (QED) is 0.849. The molecule has 1 N–H and O–H groups in total. The molecule has 74 valence electrons. The van der Waals surface area contributed by atoms with Crippen LogP contribution in [0.1, 0.15) is 18.7 Å². The summed E-state index contributed by atoms with van der Waals surface area (Å²) in [5.41, 5.74) is 1.76. The van der Waals surface area contributed by atoms with Gasteiger partial charge in [0.15, 0.2) is 0 Å². The molecule has 3 nitrogen and oxygen atoms in total. The molecule has 0 aliphatic heterocycles. The predicted octanol–water partition coefficient (Wildman–Crippen LogP) is 2.39. The van der Waals surface area contributed by atoms with Gasteiger partial charge in [0.05, 0.1) is 17.3 Å². The minimum absolute atomic E-state index is 0.501. The van der Waals surface area contributed by atoms with Gasteiger partial charge in [0.2, 0.25) is 0 Å². The second-order valence-corrected chi connectivity index (χ2v) is 4.26. The normalized spacial score (nSPS) is 13.4. The zero-order valence-electron chi connectivity index (χ0n) is 8.03. The molecule has 0 aliphatic rings. The van der Waals surface area contributed by atoms with E-state index in [1.165, 1.54) is 0 Å². The lowest BCUT2D eigenvalue weighted by Crippen LogP contribution is -2.01. The van der Waals surface area contributed by atoms with Crippen LogP contribution >= 0.6 is 15.9 Å². The summed E-state index contributed by atoms with van der Waals surface area (Å²) in [6.45, 7) is 1.75. The van der Waals surface area contributed by atoms with E-state index in [-0.39, 0.29) is 0 Å². The Kier molecular flexibility index (Phi) is 2.33. The summed E-state index contributed by atoms with van der Waals surface area (Å²) in [6, 6.07) is 5.86. The molecule has 0 fully saturated rings. The number of halogens is 1.